The van der Waals surface area contributed by atoms with E-state index < -0.39 is 34.2 Å². The standard InChI is InChI=1S/4C8H17O.Ti/c4*1-3-5-6-8(4-2)7-9;/h4*7-9H,3-6H2,1-2H3;. The molecule has 0 aromatic rings. The topological polar surface area (TPSA) is 80.9 Å². The molecule has 0 amide bonds. The zero-order valence-corrected chi connectivity index (χ0v) is 27.8. The van der Waals surface area contributed by atoms with Crippen LogP contribution in [0.25, 0.3) is 0 Å². The third kappa shape index (κ3) is 10.5. The van der Waals surface area contributed by atoms with Crippen LogP contribution in [-0.2, 0) is 16.6 Å². The van der Waals surface area contributed by atoms with E-state index in [0.717, 1.165) is 103 Å². The maximum atomic E-state index is 12.5. The Morgan fingerprint density at radius 3 is 0.703 bits per heavy atom. The molecular weight excluding hydrogens is 496 g/mol. The Labute approximate surface area is 235 Å². The van der Waals surface area contributed by atoms with Crippen molar-refractivity contribution in [1.29, 1.82) is 0 Å². The van der Waals surface area contributed by atoms with Gasteiger partial charge >= 0.3 is 236 Å². The number of aliphatic hydroxyl groups is 4. The van der Waals surface area contributed by atoms with E-state index in [0.29, 0.717) is 0 Å². The fraction of sp³-hybridized carbons (Fsp3) is 1.00. The van der Waals surface area contributed by atoms with Crippen LogP contribution in [-0.4, -0.2) is 38.1 Å². The molecule has 0 bridgehead atoms. The van der Waals surface area contributed by atoms with Gasteiger partial charge in [0.1, 0.15) is 0 Å². The second kappa shape index (κ2) is 21.3. The number of hydrogen-bond donors (Lipinski definition) is 4. The molecule has 224 valence electrons. The molecule has 8 atom stereocenters. The van der Waals surface area contributed by atoms with Gasteiger partial charge in [-0.1, -0.05) is 0 Å². The van der Waals surface area contributed by atoms with Gasteiger partial charge in [-0.3, -0.25) is 0 Å². The summed E-state index contributed by atoms with van der Waals surface area (Å²) in [5.41, 5.74) is 0. The van der Waals surface area contributed by atoms with Gasteiger partial charge in [0.2, 0.25) is 0 Å². The van der Waals surface area contributed by atoms with Crippen LogP contribution in [0.2, 0.25) is 0 Å². The second-order valence-corrected chi connectivity index (χ2v) is 18.8. The number of aliphatic hydroxyl groups excluding tert-OH is 4. The summed E-state index contributed by atoms with van der Waals surface area (Å²) in [7, 11) is 0. The molecule has 0 fully saturated rings. The molecule has 37 heavy (non-hydrogen) atoms. The summed E-state index contributed by atoms with van der Waals surface area (Å²) in [5, 5.41) is 49.9. The van der Waals surface area contributed by atoms with Gasteiger partial charge in [0.05, 0.1) is 0 Å². The van der Waals surface area contributed by atoms with Gasteiger partial charge in [-0.2, -0.15) is 0 Å². The normalized spacial score (nSPS) is 20.4. The second-order valence-electron chi connectivity index (χ2n) is 12.0. The molecule has 0 aliphatic rings. The first kappa shape index (κ1) is 37.6. The molecule has 0 aromatic heterocycles. The Morgan fingerprint density at radius 1 is 0.378 bits per heavy atom. The van der Waals surface area contributed by atoms with Crippen LogP contribution >= 0.6 is 0 Å². The van der Waals surface area contributed by atoms with Gasteiger partial charge in [0.15, 0.2) is 0 Å². The molecule has 0 heterocycles. The van der Waals surface area contributed by atoms with Gasteiger partial charge in [-0.05, 0) is 0 Å². The van der Waals surface area contributed by atoms with Crippen LogP contribution in [0.4, 0.5) is 0 Å². The van der Waals surface area contributed by atoms with Crippen molar-refractivity contribution in [3.8, 4) is 0 Å². The van der Waals surface area contributed by atoms with Crippen molar-refractivity contribution in [2.45, 2.75) is 176 Å². The van der Waals surface area contributed by atoms with E-state index in [4.69, 9.17) is 0 Å². The van der Waals surface area contributed by atoms with Gasteiger partial charge in [-0.25, -0.2) is 0 Å². The fourth-order valence-electron chi connectivity index (χ4n) is 6.89. The van der Waals surface area contributed by atoms with Crippen molar-refractivity contribution in [2.75, 3.05) is 0 Å². The van der Waals surface area contributed by atoms with Crippen molar-refractivity contribution in [2.24, 2.45) is 23.7 Å². The quantitative estimate of drug-likeness (QED) is 0.0890. The molecular formula is C32H68O4Ti. The van der Waals surface area contributed by atoms with Crippen LogP contribution in [0.5, 0.6) is 0 Å². The average Bonchev–Trinajstić information content (AvgIpc) is 2.90. The number of unbranched alkanes of at least 4 members (excludes halogenated alkanes) is 4. The monoisotopic (exact) mass is 564 g/mol. The third-order valence-corrected chi connectivity index (χ3v) is 19.0. The summed E-state index contributed by atoms with van der Waals surface area (Å²) < 4.78 is -3.06. The van der Waals surface area contributed by atoms with Gasteiger partial charge in [0, 0.05) is 0 Å². The average molecular weight is 565 g/mol. The summed E-state index contributed by atoms with van der Waals surface area (Å²) in [6.07, 6.45) is 15.3. The van der Waals surface area contributed by atoms with E-state index >= 15 is 0 Å². The molecule has 0 saturated heterocycles. The van der Waals surface area contributed by atoms with E-state index in [1.807, 2.05) is 0 Å². The zero-order chi connectivity index (χ0) is 28.4. The predicted molar refractivity (Wildman–Crippen MR) is 157 cm³/mol. The Hall–Kier alpha value is 0.554. The molecule has 8 unspecified atom stereocenters. The van der Waals surface area contributed by atoms with Crippen molar-refractivity contribution in [3.05, 3.63) is 0 Å². The summed E-state index contributed by atoms with van der Waals surface area (Å²) in [4.78, 5) is 0. The molecule has 0 rings (SSSR count). The molecule has 0 aromatic carbocycles. The van der Waals surface area contributed by atoms with Gasteiger partial charge in [-0.15, -0.1) is 0 Å². The van der Waals surface area contributed by atoms with Gasteiger partial charge < -0.3 is 0 Å². The minimum atomic E-state index is -4.28. The first-order chi connectivity index (χ1) is 17.7. The van der Waals surface area contributed by atoms with Crippen molar-refractivity contribution >= 4 is 0 Å². The Balaban J connectivity index is 7.14. The van der Waals surface area contributed by atoms with Crippen LogP contribution in [0.15, 0.2) is 0 Å². The van der Waals surface area contributed by atoms with E-state index in [-0.39, 0.29) is 23.7 Å². The predicted octanol–water partition coefficient (Wildman–Crippen LogP) is 8.28. The van der Waals surface area contributed by atoms with Crippen molar-refractivity contribution < 1.29 is 37.0 Å². The van der Waals surface area contributed by atoms with Crippen molar-refractivity contribution in [3.63, 3.8) is 0 Å². The Morgan fingerprint density at radius 2 is 0.568 bits per heavy atom. The van der Waals surface area contributed by atoms with E-state index in [1.165, 1.54) is 0 Å². The molecule has 0 saturated carbocycles. The minimum absolute atomic E-state index is 0.0231. The molecule has 4 nitrogen and oxygen atoms in total. The van der Waals surface area contributed by atoms with Crippen LogP contribution in [0.1, 0.15) is 158 Å². The molecule has 0 aliphatic heterocycles. The SMILES string of the molecule is CCCCC(CC)[CH](O)[Ti]([CH](O)C(CC)CCCC)([CH](O)C(CC)CCCC)[CH](O)C(CC)CCCC. The van der Waals surface area contributed by atoms with Crippen LogP contribution < -0.4 is 0 Å². The van der Waals surface area contributed by atoms with E-state index in [2.05, 4.69) is 55.4 Å². The molecule has 0 aliphatic carbocycles. The number of rotatable bonds is 24. The summed E-state index contributed by atoms with van der Waals surface area (Å²) in [5.74, 6) is 0.0924. The third-order valence-electron chi connectivity index (χ3n) is 9.65. The first-order valence-electron chi connectivity index (χ1n) is 16.4. The van der Waals surface area contributed by atoms with E-state index in [9.17, 15) is 20.4 Å². The fourth-order valence-corrected chi connectivity index (χ4v) is 17.8. The maximum absolute atomic E-state index is 12.5. The first-order valence-corrected chi connectivity index (χ1v) is 20.0. The van der Waals surface area contributed by atoms with Crippen LogP contribution in [0, 0.1) is 23.7 Å². The summed E-state index contributed by atoms with van der Waals surface area (Å²) >= 11 is -4.28. The summed E-state index contributed by atoms with van der Waals surface area (Å²) in [6.45, 7) is 17.3. The molecule has 4 N–H and O–H groups in total. The molecule has 5 heteroatoms. The molecule has 0 spiro atoms. The van der Waals surface area contributed by atoms with Crippen LogP contribution in [0.3, 0.4) is 0 Å². The van der Waals surface area contributed by atoms with Gasteiger partial charge in [0.25, 0.3) is 0 Å². The van der Waals surface area contributed by atoms with E-state index in [1.54, 1.807) is 0 Å². The summed E-state index contributed by atoms with van der Waals surface area (Å²) in [6, 6.07) is 0. The zero-order valence-electron chi connectivity index (χ0n) is 26.2. The van der Waals surface area contributed by atoms with Crippen molar-refractivity contribution in [1.82, 2.24) is 0 Å². The Bertz CT molecular complexity index is 437. The Kier molecular flexibility index (Phi) is 21.6. The number of hydrogen-bond acceptors (Lipinski definition) is 4. The molecule has 0 radical (unpaired) electrons.